The predicted octanol–water partition coefficient (Wildman–Crippen LogP) is 4.44. The molecular weight excluding hydrogens is 348 g/mol. The Bertz CT molecular complexity index is 987. The van der Waals surface area contributed by atoms with Crippen LogP contribution in [-0.4, -0.2) is 17.5 Å². The molecular formula is C20H18N2O3S. The summed E-state index contributed by atoms with van der Waals surface area (Å²) in [6, 6.07) is 17.4. The molecule has 0 unspecified atom stereocenters. The SMILES string of the molecule is C[C@H](NC(=O)COCc1nc2ccccc2s1)c1cc2ccccc2o1. The largest absolute Gasteiger partial charge is 0.459 e. The third kappa shape index (κ3) is 3.61. The van der Waals surface area contributed by atoms with E-state index >= 15 is 0 Å². The molecule has 0 aliphatic heterocycles. The number of rotatable bonds is 6. The average molecular weight is 366 g/mol. The summed E-state index contributed by atoms with van der Waals surface area (Å²) in [5, 5.41) is 4.78. The van der Waals surface area contributed by atoms with Gasteiger partial charge in [-0.25, -0.2) is 4.98 Å². The first-order valence-electron chi connectivity index (χ1n) is 8.39. The first kappa shape index (κ1) is 16.8. The van der Waals surface area contributed by atoms with Gasteiger partial charge in [0.25, 0.3) is 0 Å². The number of ether oxygens (including phenoxy) is 1. The molecule has 132 valence electrons. The molecule has 0 fully saturated rings. The van der Waals surface area contributed by atoms with Crippen LogP contribution in [0, 0.1) is 0 Å². The number of benzene rings is 2. The van der Waals surface area contributed by atoms with Crippen LogP contribution in [0.5, 0.6) is 0 Å². The van der Waals surface area contributed by atoms with Gasteiger partial charge in [0.15, 0.2) is 0 Å². The van der Waals surface area contributed by atoms with E-state index in [1.54, 1.807) is 11.3 Å². The Balaban J connectivity index is 1.30. The third-order valence-electron chi connectivity index (χ3n) is 4.05. The number of hydrogen-bond acceptors (Lipinski definition) is 5. The van der Waals surface area contributed by atoms with Crippen molar-refractivity contribution in [2.75, 3.05) is 6.61 Å². The minimum absolute atomic E-state index is 0.0134. The number of nitrogens with one attached hydrogen (secondary N) is 1. The molecule has 0 spiro atoms. The molecule has 0 saturated heterocycles. The summed E-state index contributed by atoms with van der Waals surface area (Å²) in [6.45, 7) is 2.20. The molecule has 0 radical (unpaired) electrons. The van der Waals surface area contributed by atoms with Gasteiger partial charge >= 0.3 is 0 Å². The fraction of sp³-hybridized carbons (Fsp3) is 0.200. The lowest BCUT2D eigenvalue weighted by Crippen LogP contribution is -2.29. The predicted molar refractivity (Wildman–Crippen MR) is 102 cm³/mol. The zero-order valence-electron chi connectivity index (χ0n) is 14.3. The van der Waals surface area contributed by atoms with E-state index in [-0.39, 0.29) is 18.6 Å². The summed E-state index contributed by atoms with van der Waals surface area (Å²) in [5.41, 5.74) is 1.77. The van der Waals surface area contributed by atoms with Crippen LogP contribution in [0.25, 0.3) is 21.2 Å². The van der Waals surface area contributed by atoms with Gasteiger partial charge in [0.1, 0.15) is 23.0 Å². The summed E-state index contributed by atoms with van der Waals surface area (Å²) in [4.78, 5) is 16.6. The van der Waals surface area contributed by atoms with Gasteiger partial charge in [0.2, 0.25) is 5.91 Å². The molecule has 2 aromatic carbocycles. The number of carbonyl (C=O) groups excluding carboxylic acids is 1. The number of amides is 1. The molecule has 2 aromatic heterocycles. The van der Waals surface area contributed by atoms with Gasteiger partial charge < -0.3 is 14.5 Å². The van der Waals surface area contributed by atoms with Crippen molar-refractivity contribution in [1.82, 2.24) is 10.3 Å². The first-order valence-corrected chi connectivity index (χ1v) is 9.21. The molecule has 1 amide bonds. The Labute approximate surface area is 154 Å². The molecule has 0 bridgehead atoms. The number of nitrogens with zero attached hydrogens (tertiary/aromatic N) is 1. The lowest BCUT2D eigenvalue weighted by Gasteiger charge is -2.11. The van der Waals surface area contributed by atoms with Crippen molar-refractivity contribution in [2.24, 2.45) is 0 Å². The van der Waals surface area contributed by atoms with E-state index in [9.17, 15) is 4.79 Å². The second kappa shape index (κ2) is 7.27. The molecule has 26 heavy (non-hydrogen) atoms. The van der Waals surface area contributed by atoms with Gasteiger partial charge in [-0.1, -0.05) is 30.3 Å². The van der Waals surface area contributed by atoms with Crippen LogP contribution in [-0.2, 0) is 16.1 Å². The monoisotopic (exact) mass is 366 g/mol. The smallest absolute Gasteiger partial charge is 0.246 e. The maximum Gasteiger partial charge on any atom is 0.246 e. The van der Waals surface area contributed by atoms with E-state index in [4.69, 9.17) is 9.15 Å². The molecule has 0 aliphatic rings. The Hall–Kier alpha value is -2.70. The quantitative estimate of drug-likeness (QED) is 0.548. The van der Waals surface area contributed by atoms with Crippen molar-refractivity contribution in [2.45, 2.75) is 19.6 Å². The van der Waals surface area contributed by atoms with Crippen LogP contribution in [0.1, 0.15) is 23.7 Å². The standard InChI is InChI=1S/C20H18N2O3S/c1-13(17-10-14-6-2-4-8-16(14)25-17)21-19(23)11-24-12-20-22-15-7-3-5-9-18(15)26-20/h2-10,13H,11-12H2,1H3,(H,21,23)/t13-/m0/s1. The van der Waals surface area contributed by atoms with Gasteiger partial charge in [-0.2, -0.15) is 0 Å². The summed E-state index contributed by atoms with van der Waals surface area (Å²) in [6.07, 6.45) is 0. The van der Waals surface area contributed by atoms with Crippen molar-refractivity contribution in [3.8, 4) is 0 Å². The van der Waals surface area contributed by atoms with Gasteiger partial charge in [-0.05, 0) is 31.2 Å². The van der Waals surface area contributed by atoms with Crippen molar-refractivity contribution in [3.05, 3.63) is 65.4 Å². The molecule has 6 heteroatoms. The highest BCUT2D eigenvalue weighted by Gasteiger charge is 2.14. The van der Waals surface area contributed by atoms with Crippen LogP contribution in [0.15, 0.2) is 59.0 Å². The summed E-state index contributed by atoms with van der Waals surface area (Å²) >= 11 is 1.58. The maximum absolute atomic E-state index is 12.1. The molecule has 4 rings (SSSR count). The minimum Gasteiger partial charge on any atom is -0.459 e. The second-order valence-corrected chi connectivity index (χ2v) is 7.16. The number of fused-ring (bicyclic) bond motifs is 2. The summed E-state index contributed by atoms with van der Waals surface area (Å²) in [7, 11) is 0. The fourth-order valence-electron chi connectivity index (χ4n) is 2.78. The van der Waals surface area contributed by atoms with Gasteiger partial charge in [0, 0.05) is 5.39 Å². The average Bonchev–Trinajstić information content (AvgIpc) is 3.25. The molecule has 5 nitrogen and oxygen atoms in total. The molecule has 0 saturated carbocycles. The Morgan fingerprint density at radius 1 is 1.23 bits per heavy atom. The zero-order chi connectivity index (χ0) is 17.9. The molecule has 1 atom stereocenters. The topological polar surface area (TPSA) is 64.4 Å². The van der Waals surface area contributed by atoms with Crippen LogP contribution in [0.3, 0.4) is 0 Å². The normalized spacial score (nSPS) is 12.5. The molecule has 1 N–H and O–H groups in total. The Morgan fingerprint density at radius 3 is 2.88 bits per heavy atom. The number of thiazole rings is 1. The maximum atomic E-state index is 12.1. The van der Waals surface area contributed by atoms with Crippen LogP contribution in [0.2, 0.25) is 0 Å². The first-order chi connectivity index (χ1) is 12.7. The van der Waals surface area contributed by atoms with E-state index in [0.717, 1.165) is 32.0 Å². The molecule has 0 aliphatic carbocycles. The van der Waals surface area contributed by atoms with Gasteiger partial charge in [-0.3, -0.25) is 4.79 Å². The zero-order valence-corrected chi connectivity index (χ0v) is 15.1. The van der Waals surface area contributed by atoms with E-state index < -0.39 is 0 Å². The fourth-order valence-corrected chi connectivity index (χ4v) is 3.69. The highest BCUT2D eigenvalue weighted by Crippen LogP contribution is 2.24. The molecule has 2 heterocycles. The van der Waals surface area contributed by atoms with E-state index in [0.29, 0.717) is 6.61 Å². The number of hydrogen-bond donors (Lipinski definition) is 1. The Kier molecular flexibility index (Phi) is 4.69. The summed E-state index contributed by atoms with van der Waals surface area (Å²) < 4.78 is 12.4. The van der Waals surface area contributed by atoms with Crippen molar-refractivity contribution < 1.29 is 13.9 Å². The van der Waals surface area contributed by atoms with Gasteiger partial charge in [0.05, 0.1) is 22.9 Å². The van der Waals surface area contributed by atoms with Gasteiger partial charge in [-0.15, -0.1) is 11.3 Å². The number of para-hydroxylation sites is 2. The highest BCUT2D eigenvalue weighted by atomic mass is 32.1. The lowest BCUT2D eigenvalue weighted by molar-refractivity contribution is -0.126. The number of carbonyl (C=O) groups is 1. The number of aromatic nitrogens is 1. The van der Waals surface area contributed by atoms with Crippen LogP contribution in [0.4, 0.5) is 0 Å². The van der Waals surface area contributed by atoms with Crippen molar-refractivity contribution >= 4 is 38.4 Å². The van der Waals surface area contributed by atoms with Crippen LogP contribution < -0.4 is 5.32 Å². The Morgan fingerprint density at radius 2 is 2.04 bits per heavy atom. The second-order valence-electron chi connectivity index (χ2n) is 6.04. The van der Waals surface area contributed by atoms with E-state index in [2.05, 4.69) is 10.3 Å². The van der Waals surface area contributed by atoms with Crippen molar-refractivity contribution in [1.29, 1.82) is 0 Å². The van der Waals surface area contributed by atoms with Crippen LogP contribution >= 0.6 is 11.3 Å². The molecule has 4 aromatic rings. The highest BCUT2D eigenvalue weighted by molar-refractivity contribution is 7.18. The minimum atomic E-state index is -0.221. The van der Waals surface area contributed by atoms with Crippen molar-refractivity contribution in [3.63, 3.8) is 0 Å². The van der Waals surface area contributed by atoms with E-state index in [1.165, 1.54) is 0 Å². The lowest BCUT2D eigenvalue weighted by atomic mass is 10.2. The van der Waals surface area contributed by atoms with E-state index in [1.807, 2.05) is 61.5 Å². The number of furan rings is 1. The summed E-state index contributed by atoms with van der Waals surface area (Å²) in [5.74, 6) is 0.546. The third-order valence-corrected chi connectivity index (χ3v) is 5.06.